The molecule has 2 aromatic heterocycles. The van der Waals surface area contributed by atoms with Crippen molar-refractivity contribution in [3.05, 3.63) is 174 Å². The molecule has 4 heteroatoms. The van der Waals surface area contributed by atoms with E-state index in [4.69, 9.17) is 18.8 Å². The first-order valence-electron chi connectivity index (χ1n) is 17.8. The van der Waals surface area contributed by atoms with Crippen molar-refractivity contribution in [2.45, 2.75) is 13.3 Å². The summed E-state index contributed by atoms with van der Waals surface area (Å²) in [4.78, 5) is 10.3. The fourth-order valence-corrected chi connectivity index (χ4v) is 7.92. The molecule has 0 N–H and O–H groups in total. The highest BCUT2D eigenvalue weighted by molar-refractivity contribution is 6.26. The molecule has 0 radical (unpaired) electrons. The van der Waals surface area contributed by atoms with Crippen LogP contribution in [0.5, 0.6) is 0 Å². The Labute approximate surface area is 301 Å². The van der Waals surface area contributed by atoms with Gasteiger partial charge in [-0.2, -0.15) is 0 Å². The Morgan fingerprint density at radius 3 is 2.00 bits per heavy atom. The van der Waals surface area contributed by atoms with E-state index < -0.39 is 0 Å². The van der Waals surface area contributed by atoms with E-state index in [1.807, 2.05) is 19.2 Å². The third kappa shape index (κ3) is 4.98. The molecule has 0 saturated heterocycles. The van der Waals surface area contributed by atoms with Crippen LogP contribution in [-0.4, -0.2) is 18.6 Å². The van der Waals surface area contributed by atoms with Crippen LogP contribution in [0.2, 0.25) is 0 Å². The average molecular weight is 671 g/mol. The number of benzene rings is 7. The van der Waals surface area contributed by atoms with Crippen LogP contribution >= 0.6 is 0 Å². The summed E-state index contributed by atoms with van der Waals surface area (Å²) in [7, 11) is 1.82. The fraction of sp³-hybridized carbons (Fsp3) is 0.0833. The maximum Gasteiger partial charge on any atom is 0.155 e. The largest absolute Gasteiger partial charge is 0.456 e. The molecule has 0 aliphatic heterocycles. The Bertz CT molecular complexity index is 2890. The summed E-state index contributed by atoms with van der Waals surface area (Å²) >= 11 is 0. The van der Waals surface area contributed by atoms with E-state index >= 15 is 0 Å². The fourth-order valence-electron chi connectivity index (χ4n) is 7.92. The Hall–Kier alpha value is -6.52. The van der Waals surface area contributed by atoms with Gasteiger partial charge in [-0.3, -0.25) is 4.99 Å². The van der Waals surface area contributed by atoms with Crippen LogP contribution in [0.25, 0.3) is 71.7 Å². The van der Waals surface area contributed by atoms with E-state index in [0.717, 1.165) is 84.0 Å². The van der Waals surface area contributed by atoms with Crippen LogP contribution in [0.4, 0.5) is 0 Å². The molecule has 4 nitrogen and oxygen atoms in total. The Balaban J connectivity index is 1.18. The van der Waals surface area contributed by atoms with Crippen LogP contribution < -0.4 is 0 Å². The standard InChI is InChI=1S/C48H34N2O2/c1-29-17-23-41-39(25-29)40-28-34(22-24-42(40)51-41)37-13-7-15-43-45(37)46-38(14-8-16-44(46)52-43)48(49-2)50-47(35-20-18-30-9-3-5-11-32(30)26-35)36-21-19-31-10-4-6-12-33(31)27-36/h3-24,26-29H,25H2,1-2H3. The number of hydrogen-bond acceptors (Lipinski definition) is 3. The molecule has 7 aromatic carbocycles. The van der Waals surface area contributed by atoms with E-state index in [0.29, 0.717) is 11.8 Å². The van der Waals surface area contributed by atoms with Crippen LogP contribution in [0.15, 0.2) is 164 Å². The summed E-state index contributed by atoms with van der Waals surface area (Å²) in [6.45, 7) is 2.25. The molecule has 0 saturated carbocycles. The number of aliphatic imine (C=N–C) groups is 2. The molecule has 1 unspecified atom stereocenters. The van der Waals surface area contributed by atoms with Crippen LogP contribution in [-0.2, 0) is 6.42 Å². The predicted molar refractivity (Wildman–Crippen MR) is 217 cm³/mol. The van der Waals surface area contributed by atoms with Crippen molar-refractivity contribution in [1.29, 1.82) is 0 Å². The Morgan fingerprint density at radius 2 is 1.29 bits per heavy atom. The number of furan rings is 2. The minimum absolute atomic E-state index is 0.474. The second-order valence-electron chi connectivity index (χ2n) is 13.8. The Kier molecular flexibility index (Phi) is 7.03. The highest BCUT2D eigenvalue weighted by Gasteiger charge is 2.22. The van der Waals surface area contributed by atoms with Crippen molar-refractivity contribution in [3.63, 3.8) is 0 Å². The van der Waals surface area contributed by atoms with Crippen molar-refractivity contribution in [3.8, 4) is 11.1 Å². The van der Waals surface area contributed by atoms with Gasteiger partial charge in [0.25, 0.3) is 0 Å². The summed E-state index contributed by atoms with van der Waals surface area (Å²) in [5.74, 6) is 2.08. The van der Waals surface area contributed by atoms with Gasteiger partial charge in [-0.15, -0.1) is 0 Å². The third-order valence-electron chi connectivity index (χ3n) is 10.5. The third-order valence-corrected chi connectivity index (χ3v) is 10.5. The lowest BCUT2D eigenvalue weighted by Gasteiger charge is -2.12. The predicted octanol–water partition coefficient (Wildman–Crippen LogP) is 12.4. The summed E-state index contributed by atoms with van der Waals surface area (Å²) in [5, 5.41) is 7.93. The molecule has 0 fully saturated rings. The summed E-state index contributed by atoms with van der Waals surface area (Å²) < 4.78 is 12.8. The number of rotatable bonds is 4. The van der Waals surface area contributed by atoms with Gasteiger partial charge in [-0.1, -0.05) is 116 Å². The molecule has 2 heterocycles. The smallest absolute Gasteiger partial charge is 0.155 e. The first kappa shape index (κ1) is 30.3. The zero-order valence-electron chi connectivity index (χ0n) is 28.9. The highest BCUT2D eigenvalue weighted by Crippen LogP contribution is 2.41. The van der Waals surface area contributed by atoms with Gasteiger partial charge in [-0.05, 0) is 87.5 Å². The molecule has 248 valence electrons. The number of nitrogens with zero attached hydrogens (tertiary/aromatic N) is 2. The molecule has 1 aliphatic rings. The molecule has 52 heavy (non-hydrogen) atoms. The van der Waals surface area contributed by atoms with Gasteiger partial charge in [0.1, 0.15) is 22.5 Å². The lowest BCUT2D eigenvalue weighted by Crippen LogP contribution is -2.09. The van der Waals surface area contributed by atoms with E-state index in [1.165, 1.54) is 21.7 Å². The molecule has 10 rings (SSSR count). The minimum atomic E-state index is 0.474. The van der Waals surface area contributed by atoms with Crippen LogP contribution in [0.1, 0.15) is 34.9 Å². The van der Waals surface area contributed by atoms with Gasteiger partial charge in [0.2, 0.25) is 0 Å². The van der Waals surface area contributed by atoms with Gasteiger partial charge in [0, 0.05) is 45.5 Å². The van der Waals surface area contributed by atoms with E-state index in [9.17, 15) is 0 Å². The van der Waals surface area contributed by atoms with Gasteiger partial charge >= 0.3 is 0 Å². The van der Waals surface area contributed by atoms with Crippen molar-refractivity contribution >= 4 is 72.1 Å². The van der Waals surface area contributed by atoms with Crippen molar-refractivity contribution in [2.75, 3.05) is 7.05 Å². The summed E-state index contributed by atoms with van der Waals surface area (Å²) in [6, 6.07) is 49.1. The van der Waals surface area contributed by atoms with Crippen molar-refractivity contribution in [1.82, 2.24) is 0 Å². The quantitative estimate of drug-likeness (QED) is 0.138. The molecule has 0 bridgehead atoms. The highest BCUT2D eigenvalue weighted by atomic mass is 16.3. The monoisotopic (exact) mass is 670 g/mol. The minimum Gasteiger partial charge on any atom is -0.456 e. The number of hydrogen-bond donors (Lipinski definition) is 0. The number of fused-ring (bicyclic) bond motifs is 8. The number of allylic oxidation sites excluding steroid dienone is 1. The van der Waals surface area contributed by atoms with Crippen LogP contribution in [0, 0.1) is 5.92 Å². The van der Waals surface area contributed by atoms with Crippen molar-refractivity contribution in [2.24, 2.45) is 15.9 Å². The second-order valence-corrected chi connectivity index (χ2v) is 13.8. The zero-order chi connectivity index (χ0) is 34.8. The molecular weight excluding hydrogens is 637 g/mol. The van der Waals surface area contributed by atoms with E-state index in [-0.39, 0.29) is 0 Å². The molecule has 0 amide bonds. The van der Waals surface area contributed by atoms with E-state index in [2.05, 4.69) is 146 Å². The average Bonchev–Trinajstić information content (AvgIpc) is 3.76. The SMILES string of the molecule is CN=C(N=C(c1ccc2ccccc2c1)c1ccc2ccccc2c1)c1cccc2oc3cccc(-c4ccc5oc6c(c5c4)CC(C)C=C6)c3c12. The Morgan fingerprint density at radius 1 is 0.615 bits per heavy atom. The molecule has 1 atom stereocenters. The lowest BCUT2D eigenvalue weighted by atomic mass is 9.91. The van der Waals surface area contributed by atoms with Crippen LogP contribution in [0.3, 0.4) is 0 Å². The summed E-state index contributed by atoms with van der Waals surface area (Å²) in [6.07, 6.45) is 5.32. The van der Waals surface area contributed by atoms with E-state index in [1.54, 1.807) is 0 Å². The maximum atomic E-state index is 6.57. The summed E-state index contributed by atoms with van der Waals surface area (Å²) in [5.41, 5.74) is 9.89. The second kappa shape index (κ2) is 12.1. The van der Waals surface area contributed by atoms with Gasteiger partial charge < -0.3 is 8.83 Å². The zero-order valence-corrected chi connectivity index (χ0v) is 28.9. The molecule has 9 aromatic rings. The normalized spacial score (nSPS) is 14.5. The topological polar surface area (TPSA) is 51.0 Å². The maximum absolute atomic E-state index is 6.57. The number of amidine groups is 1. The lowest BCUT2D eigenvalue weighted by molar-refractivity contribution is 0.584. The first-order valence-corrected chi connectivity index (χ1v) is 17.8. The van der Waals surface area contributed by atoms with Gasteiger partial charge in [0.15, 0.2) is 5.84 Å². The molecular formula is C48H34N2O2. The van der Waals surface area contributed by atoms with Gasteiger partial charge in [0.05, 0.1) is 5.71 Å². The molecule has 1 aliphatic carbocycles. The van der Waals surface area contributed by atoms with Gasteiger partial charge in [-0.25, -0.2) is 4.99 Å². The first-order chi connectivity index (χ1) is 25.6. The van der Waals surface area contributed by atoms with Crippen molar-refractivity contribution < 1.29 is 8.83 Å². The molecule has 0 spiro atoms.